The molecule has 1 aromatic rings. The van der Waals surface area contributed by atoms with Crippen molar-refractivity contribution in [1.82, 2.24) is 9.80 Å². The first-order valence-electron chi connectivity index (χ1n) is 10.5. The third kappa shape index (κ3) is 6.41. The highest BCUT2D eigenvalue weighted by Crippen LogP contribution is 2.38. The van der Waals surface area contributed by atoms with Crippen LogP contribution in [0.2, 0.25) is 0 Å². The van der Waals surface area contributed by atoms with E-state index in [0.29, 0.717) is 44.7 Å². The molecule has 0 radical (unpaired) electrons. The number of nitrogens with two attached hydrogens (primary N) is 1. The molecule has 1 saturated heterocycles. The molecule has 5 nitrogen and oxygen atoms in total. The van der Waals surface area contributed by atoms with Gasteiger partial charge in [-0.05, 0) is 48.9 Å². The molecule has 0 unspecified atom stereocenters. The van der Waals surface area contributed by atoms with E-state index in [1.165, 1.54) is 18.6 Å². The van der Waals surface area contributed by atoms with Gasteiger partial charge in [-0.3, -0.25) is 9.59 Å². The van der Waals surface area contributed by atoms with E-state index in [-0.39, 0.29) is 41.9 Å². The average Bonchev–Trinajstić information content (AvgIpc) is 2.95. The molecule has 7 heteroatoms. The number of halogens is 2. The Bertz CT molecular complexity index is 694. The number of hydrogen-bond donors (Lipinski definition) is 1. The maximum absolute atomic E-state index is 13.3. The number of benzene rings is 1. The Morgan fingerprint density at radius 3 is 2.24 bits per heavy atom. The molecule has 0 spiro atoms. The summed E-state index contributed by atoms with van der Waals surface area (Å²) in [5.74, 6) is -0.160. The zero-order valence-corrected chi connectivity index (χ0v) is 17.9. The maximum atomic E-state index is 13.3. The highest BCUT2D eigenvalue weighted by molar-refractivity contribution is 5.85. The third-order valence-electron chi connectivity index (χ3n) is 6.32. The number of rotatable bonds is 5. The molecule has 162 valence electrons. The molecule has 2 fully saturated rings. The normalized spacial score (nSPS) is 19.2. The van der Waals surface area contributed by atoms with Crippen LogP contribution in [0.3, 0.4) is 0 Å². The van der Waals surface area contributed by atoms with Gasteiger partial charge < -0.3 is 15.5 Å². The van der Waals surface area contributed by atoms with Gasteiger partial charge in [-0.2, -0.15) is 0 Å². The SMILES string of the molecule is Cl.NCC1(CC(=O)N2CCCN(C(=O)Cc3cccc(F)c3)CC2)CCCCC1. The van der Waals surface area contributed by atoms with Gasteiger partial charge in [0.2, 0.25) is 11.8 Å². The number of carbonyl (C=O) groups excluding carboxylic acids is 2. The van der Waals surface area contributed by atoms with Crippen LogP contribution in [-0.4, -0.2) is 54.3 Å². The maximum Gasteiger partial charge on any atom is 0.227 e. The minimum atomic E-state index is -0.325. The van der Waals surface area contributed by atoms with Gasteiger partial charge in [0, 0.05) is 32.6 Å². The Labute approximate surface area is 179 Å². The lowest BCUT2D eigenvalue weighted by atomic mass is 9.71. The molecule has 1 saturated carbocycles. The van der Waals surface area contributed by atoms with Crippen molar-refractivity contribution in [2.45, 2.75) is 51.4 Å². The van der Waals surface area contributed by atoms with Gasteiger partial charge in [-0.15, -0.1) is 12.4 Å². The lowest BCUT2D eigenvalue weighted by Crippen LogP contribution is -2.42. The van der Waals surface area contributed by atoms with E-state index in [9.17, 15) is 14.0 Å². The standard InChI is InChI=1S/C22H32FN3O2.ClH/c23-19-7-4-6-18(14-19)15-20(27)25-10-5-11-26(13-12-25)21(28)16-22(17-24)8-2-1-3-9-22;/h4,6-7,14H,1-3,5,8-13,15-17,24H2;1H. The van der Waals surface area contributed by atoms with E-state index in [4.69, 9.17) is 5.73 Å². The van der Waals surface area contributed by atoms with Crippen molar-refractivity contribution < 1.29 is 14.0 Å². The topological polar surface area (TPSA) is 66.6 Å². The lowest BCUT2D eigenvalue weighted by Gasteiger charge is -2.37. The third-order valence-corrected chi connectivity index (χ3v) is 6.32. The average molecular weight is 426 g/mol. The number of amides is 2. The Morgan fingerprint density at radius 1 is 0.966 bits per heavy atom. The molecule has 29 heavy (non-hydrogen) atoms. The summed E-state index contributed by atoms with van der Waals surface area (Å²) in [7, 11) is 0. The van der Waals surface area contributed by atoms with Crippen LogP contribution in [0.15, 0.2) is 24.3 Å². The zero-order valence-electron chi connectivity index (χ0n) is 17.1. The van der Waals surface area contributed by atoms with Crippen LogP contribution in [0, 0.1) is 11.2 Å². The van der Waals surface area contributed by atoms with E-state index >= 15 is 0 Å². The summed E-state index contributed by atoms with van der Waals surface area (Å²) in [5, 5.41) is 0. The van der Waals surface area contributed by atoms with Crippen molar-refractivity contribution in [3.63, 3.8) is 0 Å². The second-order valence-corrected chi connectivity index (χ2v) is 8.36. The minimum Gasteiger partial charge on any atom is -0.341 e. The molecule has 1 heterocycles. The minimum absolute atomic E-state index is 0. The van der Waals surface area contributed by atoms with E-state index in [0.717, 1.165) is 32.1 Å². The number of carbonyl (C=O) groups is 2. The summed E-state index contributed by atoms with van der Waals surface area (Å²) in [4.78, 5) is 29.2. The predicted octanol–water partition coefficient (Wildman–Crippen LogP) is 3.15. The van der Waals surface area contributed by atoms with Crippen LogP contribution in [-0.2, 0) is 16.0 Å². The molecule has 1 aliphatic carbocycles. The summed E-state index contributed by atoms with van der Waals surface area (Å²) in [5.41, 5.74) is 6.69. The molecule has 0 bridgehead atoms. The van der Waals surface area contributed by atoms with Gasteiger partial charge in [0.25, 0.3) is 0 Å². The second-order valence-electron chi connectivity index (χ2n) is 8.36. The van der Waals surface area contributed by atoms with Crippen LogP contribution in [0.25, 0.3) is 0 Å². The molecule has 2 aliphatic rings. The first-order valence-corrected chi connectivity index (χ1v) is 10.5. The molecule has 2 N–H and O–H groups in total. The highest BCUT2D eigenvalue weighted by atomic mass is 35.5. The zero-order chi connectivity index (χ0) is 20.0. The summed E-state index contributed by atoms with van der Waals surface area (Å²) in [6, 6.07) is 6.18. The van der Waals surface area contributed by atoms with Gasteiger partial charge in [0.1, 0.15) is 5.82 Å². The Hall–Kier alpha value is -1.66. The molecule has 3 rings (SSSR count). The van der Waals surface area contributed by atoms with Gasteiger partial charge in [0.15, 0.2) is 0 Å². The molecular formula is C22H33ClFN3O2. The van der Waals surface area contributed by atoms with Crippen molar-refractivity contribution in [2.24, 2.45) is 11.1 Å². The van der Waals surface area contributed by atoms with Crippen LogP contribution < -0.4 is 5.73 Å². The van der Waals surface area contributed by atoms with Crippen LogP contribution in [0.1, 0.15) is 50.5 Å². The smallest absolute Gasteiger partial charge is 0.227 e. The van der Waals surface area contributed by atoms with E-state index in [2.05, 4.69) is 0 Å². The molecule has 0 atom stereocenters. The van der Waals surface area contributed by atoms with Gasteiger partial charge in [-0.1, -0.05) is 31.4 Å². The van der Waals surface area contributed by atoms with Crippen molar-refractivity contribution >= 4 is 24.2 Å². The molecule has 1 aliphatic heterocycles. The fraction of sp³-hybridized carbons (Fsp3) is 0.636. The van der Waals surface area contributed by atoms with Crippen LogP contribution in [0.5, 0.6) is 0 Å². The molecular weight excluding hydrogens is 393 g/mol. The van der Waals surface area contributed by atoms with Gasteiger partial charge in [-0.25, -0.2) is 4.39 Å². The summed E-state index contributed by atoms with van der Waals surface area (Å²) in [6.07, 6.45) is 7.14. The Kier molecular flexibility index (Phi) is 8.90. The molecule has 0 aromatic heterocycles. The van der Waals surface area contributed by atoms with E-state index in [1.807, 2.05) is 4.90 Å². The molecule has 1 aromatic carbocycles. The van der Waals surface area contributed by atoms with Crippen molar-refractivity contribution in [3.05, 3.63) is 35.6 Å². The van der Waals surface area contributed by atoms with Gasteiger partial charge >= 0.3 is 0 Å². The predicted molar refractivity (Wildman–Crippen MR) is 114 cm³/mol. The molecule has 2 amide bonds. The quantitative estimate of drug-likeness (QED) is 0.788. The first-order chi connectivity index (χ1) is 13.5. The van der Waals surface area contributed by atoms with E-state index in [1.54, 1.807) is 17.0 Å². The fourth-order valence-corrected chi connectivity index (χ4v) is 4.54. The fourth-order valence-electron chi connectivity index (χ4n) is 4.54. The van der Waals surface area contributed by atoms with E-state index < -0.39 is 0 Å². The van der Waals surface area contributed by atoms with Crippen LogP contribution >= 0.6 is 12.4 Å². The van der Waals surface area contributed by atoms with Crippen molar-refractivity contribution in [1.29, 1.82) is 0 Å². The van der Waals surface area contributed by atoms with Crippen molar-refractivity contribution in [2.75, 3.05) is 32.7 Å². The van der Waals surface area contributed by atoms with Gasteiger partial charge in [0.05, 0.1) is 6.42 Å². The number of hydrogen-bond acceptors (Lipinski definition) is 3. The first kappa shape index (κ1) is 23.6. The lowest BCUT2D eigenvalue weighted by molar-refractivity contribution is -0.135. The van der Waals surface area contributed by atoms with Crippen LogP contribution in [0.4, 0.5) is 4.39 Å². The summed E-state index contributed by atoms with van der Waals surface area (Å²) >= 11 is 0. The van der Waals surface area contributed by atoms with Crippen molar-refractivity contribution in [3.8, 4) is 0 Å². The summed E-state index contributed by atoms with van der Waals surface area (Å²) < 4.78 is 13.3. The second kappa shape index (κ2) is 10.9. The highest BCUT2D eigenvalue weighted by Gasteiger charge is 2.35. The monoisotopic (exact) mass is 425 g/mol. The summed E-state index contributed by atoms with van der Waals surface area (Å²) in [6.45, 7) is 3.00. The largest absolute Gasteiger partial charge is 0.341 e. The Morgan fingerprint density at radius 2 is 1.62 bits per heavy atom. The number of nitrogens with zero attached hydrogens (tertiary/aromatic N) is 2. The Balaban J connectivity index is 0.00000300.